The van der Waals surface area contributed by atoms with Gasteiger partial charge in [0.2, 0.25) is 0 Å². The highest BCUT2D eigenvalue weighted by Crippen LogP contribution is 2.14. The molecular weight excluding hydrogens is 262 g/mol. The number of carbonyl (C=O) groups excluding carboxylic acids is 1. The Kier molecular flexibility index (Phi) is 4.58. The van der Waals surface area contributed by atoms with Crippen LogP contribution in [0, 0.1) is 0 Å². The Balaban J connectivity index is 2.66. The summed E-state index contributed by atoms with van der Waals surface area (Å²) in [6.45, 7) is -0.303. The number of anilines is 1. The molecule has 0 aromatic heterocycles. The van der Waals surface area contributed by atoms with Crippen LogP contribution in [0.3, 0.4) is 0 Å². The number of aliphatic hydroxyl groups excluding tert-OH is 1. The van der Waals surface area contributed by atoms with Crippen LogP contribution in [0.4, 0.5) is 5.69 Å². The van der Waals surface area contributed by atoms with Gasteiger partial charge in [0.15, 0.2) is 0 Å². The van der Waals surface area contributed by atoms with Crippen molar-refractivity contribution in [3.8, 4) is 0 Å². The van der Waals surface area contributed by atoms with E-state index in [2.05, 4.69) is 26.0 Å². The van der Waals surface area contributed by atoms with Crippen molar-refractivity contribution in [2.24, 2.45) is 0 Å². The first-order valence-electron chi connectivity index (χ1n) is 4.38. The van der Waals surface area contributed by atoms with Gasteiger partial charge in [0.05, 0.1) is 13.7 Å². The second kappa shape index (κ2) is 5.72. The number of rotatable bonds is 4. The van der Waals surface area contributed by atoms with E-state index in [1.54, 1.807) is 12.1 Å². The monoisotopic (exact) mass is 273 g/mol. The number of esters is 1. The molecule has 0 saturated heterocycles. The SMILES string of the molecule is COC(=O)C(CO)Nc1ccc(Br)cc1. The number of aliphatic hydroxyl groups is 1. The van der Waals surface area contributed by atoms with Crippen LogP contribution in [0.15, 0.2) is 28.7 Å². The van der Waals surface area contributed by atoms with Gasteiger partial charge < -0.3 is 15.2 Å². The summed E-state index contributed by atoms with van der Waals surface area (Å²) in [5.41, 5.74) is 0.752. The van der Waals surface area contributed by atoms with Crippen LogP contribution < -0.4 is 5.32 Å². The summed E-state index contributed by atoms with van der Waals surface area (Å²) in [5.74, 6) is -0.486. The predicted molar refractivity (Wildman–Crippen MR) is 60.7 cm³/mol. The lowest BCUT2D eigenvalue weighted by atomic mass is 10.2. The maximum atomic E-state index is 11.2. The molecule has 4 nitrogen and oxygen atoms in total. The molecule has 5 heteroatoms. The van der Waals surface area contributed by atoms with Crippen molar-refractivity contribution in [2.45, 2.75) is 6.04 Å². The molecule has 0 bridgehead atoms. The van der Waals surface area contributed by atoms with E-state index in [0.717, 1.165) is 10.2 Å². The molecule has 0 aliphatic rings. The van der Waals surface area contributed by atoms with Gasteiger partial charge in [-0.15, -0.1) is 0 Å². The second-order valence-electron chi connectivity index (χ2n) is 2.91. The molecular formula is C10H12BrNO3. The van der Waals surface area contributed by atoms with Crippen molar-refractivity contribution in [2.75, 3.05) is 19.0 Å². The smallest absolute Gasteiger partial charge is 0.330 e. The molecule has 0 saturated carbocycles. The van der Waals surface area contributed by atoms with Gasteiger partial charge in [-0.25, -0.2) is 4.79 Å². The minimum absolute atomic E-state index is 0.303. The van der Waals surface area contributed by atoms with Crippen LogP contribution in [0.5, 0.6) is 0 Å². The Morgan fingerprint density at radius 1 is 1.53 bits per heavy atom. The van der Waals surface area contributed by atoms with E-state index in [9.17, 15) is 4.79 Å². The van der Waals surface area contributed by atoms with Crippen LogP contribution >= 0.6 is 15.9 Å². The molecule has 0 aliphatic carbocycles. The first-order valence-corrected chi connectivity index (χ1v) is 5.17. The first kappa shape index (κ1) is 12.0. The third kappa shape index (κ3) is 3.53. The predicted octanol–water partition coefficient (Wildman–Crippen LogP) is 1.39. The zero-order valence-corrected chi connectivity index (χ0v) is 9.82. The molecule has 0 radical (unpaired) electrons. The number of ether oxygens (including phenoxy) is 1. The lowest BCUT2D eigenvalue weighted by Crippen LogP contribution is -2.33. The summed E-state index contributed by atoms with van der Waals surface area (Å²) in [4.78, 5) is 11.2. The third-order valence-electron chi connectivity index (χ3n) is 1.85. The van der Waals surface area contributed by atoms with Crippen molar-refractivity contribution in [3.63, 3.8) is 0 Å². The summed E-state index contributed by atoms with van der Waals surface area (Å²) in [7, 11) is 1.29. The van der Waals surface area contributed by atoms with E-state index in [4.69, 9.17) is 5.11 Å². The van der Waals surface area contributed by atoms with Crippen molar-refractivity contribution < 1.29 is 14.6 Å². The van der Waals surface area contributed by atoms with E-state index in [-0.39, 0.29) is 6.61 Å². The molecule has 0 fully saturated rings. The lowest BCUT2D eigenvalue weighted by molar-refractivity contribution is -0.142. The summed E-state index contributed by atoms with van der Waals surface area (Å²) in [6, 6.07) is 6.56. The molecule has 0 aliphatic heterocycles. The number of nitrogens with one attached hydrogen (secondary N) is 1. The van der Waals surface area contributed by atoms with Crippen LogP contribution in [0.2, 0.25) is 0 Å². The lowest BCUT2D eigenvalue weighted by Gasteiger charge is -2.14. The average molecular weight is 274 g/mol. The normalized spacial score (nSPS) is 11.9. The van der Waals surface area contributed by atoms with E-state index in [0.29, 0.717) is 0 Å². The van der Waals surface area contributed by atoms with Gasteiger partial charge in [-0.05, 0) is 24.3 Å². The van der Waals surface area contributed by atoms with Gasteiger partial charge in [-0.3, -0.25) is 0 Å². The Labute approximate surface area is 96.4 Å². The Morgan fingerprint density at radius 3 is 2.60 bits per heavy atom. The second-order valence-corrected chi connectivity index (χ2v) is 3.83. The largest absolute Gasteiger partial charge is 0.467 e. The minimum Gasteiger partial charge on any atom is -0.467 e. The number of halogens is 1. The molecule has 2 N–H and O–H groups in total. The third-order valence-corrected chi connectivity index (χ3v) is 2.38. The summed E-state index contributed by atoms with van der Waals surface area (Å²) in [6.07, 6.45) is 0. The number of hydrogen-bond donors (Lipinski definition) is 2. The fourth-order valence-corrected chi connectivity index (χ4v) is 1.33. The van der Waals surface area contributed by atoms with Crippen molar-refractivity contribution >= 4 is 27.6 Å². The average Bonchev–Trinajstić information content (AvgIpc) is 2.27. The quantitative estimate of drug-likeness (QED) is 0.815. The highest BCUT2D eigenvalue weighted by atomic mass is 79.9. The number of benzene rings is 1. The van der Waals surface area contributed by atoms with Gasteiger partial charge in [0, 0.05) is 10.2 Å². The van der Waals surface area contributed by atoms with Crippen molar-refractivity contribution in [1.82, 2.24) is 0 Å². The molecule has 1 aromatic rings. The van der Waals surface area contributed by atoms with Crippen LogP contribution in [0.25, 0.3) is 0 Å². The molecule has 82 valence electrons. The Hall–Kier alpha value is -1.07. The van der Waals surface area contributed by atoms with E-state index < -0.39 is 12.0 Å². The fraction of sp³-hybridized carbons (Fsp3) is 0.300. The first-order chi connectivity index (χ1) is 7.17. The van der Waals surface area contributed by atoms with Gasteiger partial charge >= 0.3 is 5.97 Å². The maximum Gasteiger partial charge on any atom is 0.330 e. The van der Waals surface area contributed by atoms with E-state index in [1.807, 2.05) is 12.1 Å². The van der Waals surface area contributed by atoms with Gasteiger partial charge in [-0.2, -0.15) is 0 Å². The molecule has 1 rings (SSSR count). The summed E-state index contributed by atoms with van der Waals surface area (Å²) >= 11 is 3.30. The van der Waals surface area contributed by atoms with Gasteiger partial charge in [0.25, 0.3) is 0 Å². The minimum atomic E-state index is -0.726. The van der Waals surface area contributed by atoms with Gasteiger partial charge in [-0.1, -0.05) is 15.9 Å². The number of methoxy groups -OCH3 is 1. The van der Waals surface area contributed by atoms with Crippen LogP contribution in [0.1, 0.15) is 0 Å². The molecule has 15 heavy (non-hydrogen) atoms. The zero-order chi connectivity index (χ0) is 11.3. The Bertz CT molecular complexity index is 326. The van der Waals surface area contributed by atoms with E-state index >= 15 is 0 Å². The molecule has 0 spiro atoms. The molecule has 1 aromatic carbocycles. The van der Waals surface area contributed by atoms with E-state index in [1.165, 1.54) is 7.11 Å². The molecule has 1 unspecified atom stereocenters. The molecule has 0 heterocycles. The highest BCUT2D eigenvalue weighted by Gasteiger charge is 2.17. The van der Waals surface area contributed by atoms with Crippen molar-refractivity contribution in [3.05, 3.63) is 28.7 Å². The number of hydrogen-bond acceptors (Lipinski definition) is 4. The highest BCUT2D eigenvalue weighted by molar-refractivity contribution is 9.10. The summed E-state index contributed by atoms with van der Waals surface area (Å²) in [5, 5.41) is 11.8. The summed E-state index contributed by atoms with van der Waals surface area (Å²) < 4.78 is 5.48. The zero-order valence-electron chi connectivity index (χ0n) is 8.24. The fourth-order valence-electron chi connectivity index (χ4n) is 1.07. The van der Waals surface area contributed by atoms with Gasteiger partial charge in [0.1, 0.15) is 6.04 Å². The van der Waals surface area contributed by atoms with Crippen LogP contribution in [-0.4, -0.2) is 30.8 Å². The van der Waals surface area contributed by atoms with Crippen molar-refractivity contribution in [1.29, 1.82) is 0 Å². The standard InChI is InChI=1S/C10H12BrNO3/c1-15-10(14)9(6-13)12-8-4-2-7(11)3-5-8/h2-5,9,12-13H,6H2,1H3. The maximum absolute atomic E-state index is 11.2. The van der Waals surface area contributed by atoms with Crippen LogP contribution in [-0.2, 0) is 9.53 Å². The molecule has 1 atom stereocenters. The Morgan fingerprint density at radius 2 is 2.13 bits per heavy atom. The molecule has 0 amide bonds. The number of carbonyl (C=O) groups is 1. The topological polar surface area (TPSA) is 58.6 Å².